The van der Waals surface area contributed by atoms with E-state index in [4.69, 9.17) is 0 Å². The number of nitrogens with zero attached hydrogens (tertiary/aromatic N) is 1. The first-order valence-electron chi connectivity index (χ1n) is 8.11. The summed E-state index contributed by atoms with van der Waals surface area (Å²) < 4.78 is 0. The fraction of sp³-hybridized carbons (Fsp3) is 0.588. The molecule has 22 heavy (non-hydrogen) atoms. The van der Waals surface area contributed by atoms with Crippen LogP contribution in [0, 0.1) is 5.92 Å². The number of aromatic nitrogens is 1. The summed E-state index contributed by atoms with van der Waals surface area (Å²) in [5, 5.41) is 5.60. The molecule has 0 bridgehead atoms. The Balaban J connectivity index is 1.67. The minimum absolute atomic E-state index is 0.0152. The Morgan fingerprint density at radius 1 is 1.18 bits per heavy atom. The van der Waals surface area contributed by atoms with Crippen molar-refractivity contribution in [3.8, 4) is 0 Å². The molecule has 5 nitrogen and oxygen atoms in total. The molecule has 1 saturated carbocycles. The van der Waals surface area contributed by atoms with E-state index in [9.17, 15) is 9.59 Å². The molecule has 0 saturated heterocycles. The molecule has 2 amide bonds. The van der Waals surface area contributed by atoms with Gasteiger partial charge in [0.25, 0.3) is 0 Å². The first kappa shape index (κ1) is 16.5. The van der Waals surface area contributed by atoms with Crippen molar-refractivity contribution in [2.45, 2.75) is 51.5 Å². The van der Waals surface area contributed by atoms with Gasteiger partial charge in [-0.3, -0.25) is 14.6 Å². The third kappa shape index (κ3) is 5.47. The van der Waals surface area contributed by atoms with Gasteiger partial charge in [-0.1, -0.05) is 19.3 Å². The van der Waals surface area contributed by atoms with Gasteiger partial charge in [-0.25, -0.2) is 0 Å². The number of nitrogens with one attached hydrogen (secondary N) is 2. The van der Waals surface area contributed by atoms with Crippen LogP contribution in [0.3, 0.4) is 0 Å². The zero-order valence-corrected chi connectivity index (χ0v) is 13.2. The number of carbonyl (C=O) groups is 2. The Morgan fingerprint density at radius 3 is 2.55 bits per heavy atom. The summed E-state index contributed by atoms with van der Waals surface area (Å²) >= 11 is 0. The van der Waals surface area contributed by atoms with Gasteiger partial charge in [-0.05, 0) is 43.4 Å². The largest absolute Gasteiger partial charge is 0.348 e. The van der Waals surface area contributed by atoms with Gasteiger partial charge < -0.3 is 10.6 Å². The monoisotopic (exact) mass is 303 g/mol. The molecule has 0 aromatic carbocycles. The van der Waals surface area contributed by atoms with Crippen molar-refractivity contribution in [2.24, 2.45) is 5.92 Å². The summed E-state index contributed by atoms with van der Waals surface area (Å²) in [5.41, 5.74) is 0.997. The quantitative estimate of drug-likeness (QED) is 0.847. The topological polar surface area (TPSA) is 71.1 Å². The van der Waals surface area contributed by atoms with Crippen LogP contribution in [0.15, 0.2) is 24.5 Å². The minimum atomic E-state index is -0.165. The second-order valence-corrected chi connectivity index (χ2v) is 6.05. The average molecular weight is 303 g/mol. The number of pyridine rings is 1. The highest BCUT2D eigenvalue weighted by atomic mass is 16.2. The lowest BCUT2D eigenvalue weighted by atomic mass is 9.87. The molecule has 120 valence electrons. The molecule has 1 aromatic rings. The van der Waals surface area contributed by atoms with Crippen LogP contribution in [0.25, 0.3) is 0 Å². The van der Waals surface area contributed by atoms with Crippen LogP contribution < -0.4 is 10.6 Å². The lowest BCUT2D eigenvalue weighted by Crippen LogP contribution is -2.38. The molecule has 1 aliphatic carbocycles. The van der Waals surface area contributed by atoms with Crippen molar-refractivity contribution in [1.29, 1.82) is 0 Å². The smallest absolute Gasteiger partial charge is 0.239 e. The van der Waals surface area contributed by atoms with Gasteiger partial charge in [-0.2, -0.15) is 0 Å². The summed E-state index contributed by atoms with van der Waals surface area (Å²) in [6.07, 6.45) is 9.95. The predicted octanol–water partition coefficient (Wildman–Crippen LogP) is 2.35. The molecule has 1 aliphatic rings. The summed E-state index contributed by atoms with van der Waals surface area (Å²) in [5.74, 6) is 0.312. The molecule has 1 fully saturated rings. The first-order valence-corrected chi connectivity index (χ1v) is 8.11. The molecule has 2 rings (SSSR count). The van der Waals surface area contributed by atoms with Gasteiger partial charge in [0, 0.05) is 18.8 Å². The second kappa shape index (κ2) is 8.51. The highest BCUT2D eigenvalue weighted by molar-refractivity contribution is 5.84. The zero-order valence-electron chi connectivity index (χ0n) is 13.2. The Bertz CT molecular complexity index is 484. The van der Waals surface area contributed by atoms with Crippen LogP contribution >= 0.6 is 0 Å². The van der Waals surface area contributed by atoms with Crippen LogP contribution in [0.4, 0.5) is 0 Å². The Labute approximate surface area is 131 Å². The zero-order chi connectivity index (χ0) is 15.8. The number of amides is 2. The van der Waals surface area contributed by atoms with Crippen LogP contribution in [-0.2, 0) is 9.59 Å². The Morgan fingerprint density at radius 2 is 1.86 bits per heavy atom. The Hall–Kier alpha value is -1.91. The van der Waals surface area contributed by atoms with E-state index in [1.807, 2.05) is 19.1 Å². The molecule has 1 heterocycles. The molecule has 1 aromatic heterocycles. The highest BCUT2D eigenvalue weighted by Gasteiger charge is 2.17. The van der Waals surface area contributed by atoms with Gasteiger partial charge in [0.2, 0.25) is 11.8 Å². The van der Waals surface area contributed by atoms with Gasteiger partial charge in [-0.15, -0.1) is 0 Å². The number of hydrogen-bond donors (Lipinski definition) is 2. The van der Waals surface area contributed by atoms with E-state index in [-0.39, 0.29) is 24.4 Å². The summed E-state index contributed by atoms with van der Waals surface area (Å²) in [6, 6.07) is 3.64. The third-order valence-electron chi connectivity index (χ3n) is 4.23. The van der Waals surface area contributed by atoms with Crippen LogP contribution in [0.5, 0.6) is 0 Å². The van der Waals surface area contributed by atoms with Gasteiger partial charge in [0.05, 0.1) is 12.6 Å². The van der Waals surface area contributed by atoms with E-state index in [1.165, 1.54) is 19.3 Å². The normalized spacial score (nSPS) is 16.8. The fourth-order valence-corrected chi connectivity index (χ4v) is 2.93. The van der Waals surface area contributed by atoms with E-state index >= 15 is 0 Å². The standard InChI is InChI=1S/C17H25N3O2/c1-13(15-7-9-18-10-8-15)20-17(22)12-19-16(21)11-14-5-3-2-4-6-14/h7-10,13-14H,2-6,11-12H2,1H3,(H,19,21)(H,20,22)/t13-/m0/s1. The third-order valence-corrected chi connectivity index (χ3v) is 4.23. The first-order chi connectivity index (χ1) is 10.6. The van der Waals surface area contributed by atoms with Crippen molar-refractivity contribution in [3.63, 3.8) is 0 Å². The van der Waals surface area contributed by atoms with E-state index in [2.05, 4.69) is 15.6 Å². The summed E-state index contributed by atoms with van der Waals surface area (Å²) in [7, 11) is 0. The lowest BCUT2D eigenvalue weighted by molar-refractivity contribution is -0.127. The van der Waals surface area contributed by atoms with Gasteiger partial charge >= 0.3 is 0 Å². The van der Waals surface area contributed by atoms with Crippen LogP contribution in [-0.4, -0.2) is 23.3 Å². The molecule has 0 spiro atoms. The SMILES string of the molecule is C[C@H](NC(=O)CNC(=O)CC1CCCCC1)c1ccncc1. The van der Waals surface area contributed by atoms with Crippen molar-refractivity contribution in [3.05, 3.63) is 30.1 Å². The van der Waals surface area contributed by atoms with Crippen molar-refractivity contribution in [2.75, 3.05) is 6.54 Å². The molecular weight excluding hydrogens is 278 g/mol. The fourth-order valence-electron chi connectivity index (χ4n) is 2.93. The Kier molecular flexibility index (Phi) is 6.37. The van der Waals surface area contributed by atoms with E-state index in [0.717, 1.165) is 18.4 Å². The maximum absolute atomic E-state index is 11.9. The van der Waals surface area contributed by atoms with E-state index in [0.29, 0.717) is 12.3 Å². The number of carbonyl (C=O) groups excluding carboxylic acids is 2. The lowest BCUT2D eigenvalue weighted by Gasteiger charge is -2.21. The van der Waals surface area contributed by atoms with Crippen molar-refractivity contribution in [1.82, 2.24) is 15.6 Å². The molecular formula is C17H25N3O2. The van der Waals surface area contributed by atoms with E-state index in [1.54, 1.807) is 12.4 Å². The molecule has 5 heteroatoms. The van der Waals surface area contributed by atoms with Gasteiger partial charge in [0.1, 0.15) is 0 Å². The summed E-state index contributed by atoms with van der Waals surface area (Å²) in [6.45, 7) is 1.96. The number of rotatable bonds is 6. The molecule has 0 unspecified atom stereocenters. The van der Waals surface area contributed by atoms with Crippen molar-refractivity contribution >= 4 is 11.8 Å². The molecule has 2 N–H and O–H groups in total. The summed E-state index contributed by atoms with van der Waals surface area (Å²) in [4.78, 5) is 27.7. The number of hydrogen-bond acceptors (Lipinski definition) is 3. The molecule has 0 aliphatic heterocycles. The molecule has 0 radical (unpaired) electrons. The second-order valence-electron chi connectivity index (χ2n) is 6.05. The maximum atomic E-state index is 11.9. The van der Waals surface area contributed by atoms with Crippen molar-refractivity contribution < 1.29 is 9.59 Å². The van der Waals surface area contributed by atoms with Crippen LogP contribution in [0.2, 0.25) is 0 Å². The van der Waals surface area contributed by atoms with E-state index < -0.39 is 0 Å². The maximum Gasteiger partial charge on any atom is 0.239 e. The average Bonchev–Trinajstić information content (AvgIpc) is 2.55. The van der Waals surface area contributed by atoms with Gasteiger partial charge in [0.15, 0.2) is 0 Å². The predicted molar refractivity (Wildman–Crippen MR) is 85.0 cm³/mol. The highest BCUT2D eigenvalue weighted by Crippen LogP contribution is 2.25. The molecule has 1 atom stereocenters. The minimum Gasteiger partial charge on any atom is -0.348 e. The van der Waals surface area contributed by atoms with Crippen LogP contribution in [0.1, 0.15) is 57.1 Å².